The minimum Gasteiger partial charge on any atom is -0.481 e. The Labute approximate surface area is 123 Å². The molecule has 1 amide bonds. The summed E-state index contributed by atoms with van der Waals surface area (Å²) < 4.78 is 0. The van der Waals surface area contributed by atoms with Gasteiger partial charge < -0.3 is 10.4 Å². The van der Waals surface area contributed by atoms with Gasteiger partial charge in [0.25, 0.3) is 0 Å². The number of carboxylic acid groups (broad SMARTS) is 1. The van der Waals surface area contributed by atoms with Crippen LogP contribution in [0, 0.1) is 5.41 Å². The summed E-state index contributed by atoms with van der Waals surface area (Å²) in [7, 11) is 0. The maximum atomic E-state index is 12.1. The lowest BCUT2D eigenvalue weighted by Gasteiger charge is -2.24. The van der Waals surface area contributed by atoms with Gasteiger partial charge in [-0.15, -0.1) is 11.3 Å². The molecule has 0 bridgehead atoms. The highest BCUT2D eigenvalue weighted by Gasteiger charge is 2.43. The number of rotatable bonds is 6. The third-order valence-electron chi connectivity index (χ3n) is 4.01. The second-order valence-corrected chi connectivity index (χ2v) is 6.75. The third kappa shape index (κ3) is 3.60. The summed E-state index contributed by atoms with van der Waals surface area (Å²) in [6, 6.07) is 4.07. The van der Waals surface area contributed by atoms with Crippen molar-refractivity contribution in [3.8, 4) is 0 Å². The zero-order valence-corrected chi connectivity index (χ0v) is 12.5. The Morgan fingerprint density at radius 1 is 1.45 bits per heavy atom. The second-order valence-electron chi connectivity index (χ2n) is 5.72. The molecule has 1 atom stereocenters. The number of carboxylic acids is 1. The fraction of sp³-hybridized carbons (Fsp3) is 0.600. The van der Waals surface area contributed by atoms with Crippen LogP contribution in [0.2, 0.25) is 0 Å². The number of thiophene rings is 1. The first kappa shape index (κ1) is 15.0. The predicted octanol–water partition coefficient (Wildman–Crippen LogP) is 2.83. The summed E-state index contributed by atoms with van der Waals surface area (Å²) in [5, 5.41) is 14.3. The van der Waals surface area contributed by atoms with Gasteiger partial charge in [0.2, 0.25) is 5.91 Å². The van der Waals surface area contributed by atoms with Gasteiger partial charge in [-0.05, 0) is 31.2 Å². The molecule has 2 N–H and O–H groups in total. The van der Waals surface area contributed by atoms with Crippen LogP contribution in [-0.4, -0.2) is 23.0 Å². The molecule has 0 aromatic carbocycles. The normalized spacial score (nSPS) is 18.6. The van der Waals surface area contributed by atoms with E-state index in [9.17, 15) is 14.7 Å². The summed E-state index contributed by atoms with van der Waals surface area (Å²) in [6.45, 7) is 1.96. The Morgan fingerprint density at radius 3 is 2.70 bits per heavy atom. The number of carbonyl (C=O) groups is 2. The number of hydrogen-bond acceptors (Lipinski definition) is 3. The molecular formula is C15H21NO3S. The minimum absolute atomic E-state index is 0.0356. The molecule has 1 aliphatic carbocycles. The van der Waals surface area contributed by atoms with E-state index in [0.717, 1.165) is 19.3 Å². The Bertz CT molecular complexity index is 463. The van der Waals surface area contributed by atoms with Gasteiger partial charge in [0, 0.05) is 23.8 Å². The molecule has 1 aromatic rings. The van der Waals surface area contributed by atoms with E-state index >= 15 is 0 Å². The lowest BCUT2D eigenvalue weighted by Crippen LogP contribution is -2.39. The molecule has 0 radical (unpaired) electrons. The van der Waals surface area contributed by atoms with E-state index in [1.807, 2.05) is 24.4 Å². The molecule has 1 aromatic heterocycles. The van der Waals surface area contributed by atoms with Crippen molar-refractivity contribution in [3.63, 3.8) is 0 Å². The monoisotopic (exact) mass is 295 g/mol. The molecule has 110 valence electrons. The van der Waals surface area contributed by atoms with Crippen molar-refractivity contribution in [2.75, 3.05) is 0 Å². The topological polar surface area (TPSA) is 66.4 Å². The van der Waals surface area contributed by atoms with E-state index in [-0.39, 0.29) is 18.4 Å². The van der Waals surface area contributed by atoms with E-state index in [0.29, 0.717) is 12.8 Å². The molecule has 4 nitrogen and oxygen atoms in total. The fourth-order valence-corrected chi connectivity index (χ4v) is 3.77. The van der Waals surface area contributed by atoms with E-state index in [4.69, 9.17) is 0 Å². The van der Waals surface area contributed by atoms with Gasteiger partial charge in [-0.25, -0.2) is 0 Å². The zero-order chi connectivity index (χ0) is 14.6. The van der Waals surface area contributed by atoms with Crippen LogP contribution >= 0.6 is 11.3 Å². The summed E-state index contributed by atoms with van der Waals surface area (Å²) in [6.07, 6.45) is 3.96. The number of nitrogens with one attached hydrogen (secondary N) is 1. The summed E-state index contributed by atoms with van der Waals surface area (Å²) in [5.41, 5.74) is -0.827. The van der Waals surface area contributed by atoms with E-state index in [2.05, 4.69) is 5.32 Å². The van der Waals surface area contributed by atoms with Crippen molar-refractivity contribution in [1.82, 2.24) is 5.32 Å². The van der Waals surface area contributed by atoms with Gasteiger partial charge in [0.15, 0.2) is 0 Å². The van der Waals surface area contributed by atoms with Crippen LogP contribution in [0.5, 0.6) is 0 Å². The number of hydrogen-bond donors (Lipinski definition) is 2. The summed E-state index contributed by atoms with van der Waals surface area (Å²) in [4.78, 5) is 24.7. The third-order valence-corrected chi connectivity index (χ3v) is 4.91. The molecule has 0 saturated heterocycles. The van der Waals surface area contributed by atoms with Crippen LogP contribution in [0.4, 0.5) is 0 Å². The Hall–Kier alpha value is -1.36. The standard InChI is InChI=1S/C15H21NO3S/c1-11(9-12-5-4-8-20-12)16-13(17)10-15(14(18)19)6-2-3-7-15/h4-5,8,11H,2-3,6-7,9-10H2,1H3,(H,16,17)(H,18,19). The van der Waals surface area contributed by atoms with Crippen LogP contribution in [-0.2, 0) is 16.0 Å². The fourth-order valence-electron chi connectivity index (χ4n) is 2.93. The number of aliphatic carboxylic acids is 1. The molecule has 1 heterocycles. The molecular weight excluding hydrogens is 274 g/mol. The Morgan fingerprint density at radius 2 is 2.15 bits per heavy atom. The smallest absolute Gasteiger partial charge is 0.310 e. The molecule has 0 spiro atoms. The van der Waals surface area contributed by atoms with Gasteiger partial charge in [0.1, 0.15) is 0 Å². The SMILES string of the molecule is CC(Cc1cccs1)NC(=O)CC1(C(=O)O)CCCC1. The van der Waals surface area contributed by atoms with Crippen molar-refractivity contribution >= 4 is 23.2 Å². The second kappa shape index (κ2) is 6.39. The van der Waals surface area contributed by atoms with E-state index < -0.39 is 11.4 Å². The average molecular weight is 295 g/mol. The number of carbonyl (C=O) groups excluding carboxylic acids is 1. The van der Waals surface area contributed by atoms with Gasteiger partial charge in [-0.3, -0.25) is 9.59 Å². The highest BCUT2D eigenvalue weighted by atomic mass is 32.1. The average Bonchev–Trinajstić information content (AvgIpc) is 3.00. The first-order valence-corrected chi connectivity index (χ1v) is 7.95. The van der Waals surface area contributed by atoms with Crippen molar-refractivity contribution in [2.45, 2.75) is 51.5 Å². The molecule has 1 fully saturated rings. The van der Waals surface area contributed by atoms with E-state index in [1.165, 1.54) is 4.88 Å². The molecule has 0 aliphatic heterocycles. The molecule has 1 unspecified atom stereocenters. The molecule has 1 aliphatic rings. The van der Waals surface area contributed by atoms with Crippen molar-refractivity contribution in [2.24, 2.45) is 5.41 Å². The lowest BCUT2D eigenvalue weighted by atomic mass is 9.82. The Kier molecular flexibility index (Phi) is 4.81. The van der Waals surface area contributed by atoms with Gasteiger partial charge >= 0.3 is 5.97 Å². The van der Waals surface area contributed by atoms with Crippen LogP contribution in [0.1, 0.15) is 43.9 Å². The highest BCUT2D eigenvalue weighted by Crippen LogP contribution is 2.41. The lowest BCUT2D eigenvalue weighted by molar-refractivity contribution is -0.151. The molecule has 1 saturated carbocycles. The largest absolute Gasteiger partial charge is 0.481 e. The number of amides is 1. The summed E-state index contributed by atoms with van der Waals surface area (Å²) >= 11 is 1.67. The van der Waals surface area contributed by atoms with Crippen LogP contribution < -0.4 is 5.32 Å². The maximum absolute atomic E-state index is 12.1. The zero-order valence-electron chi connectivity index (χ0n) is 11.7. The first-order chi connectivity index (χ1) is 9.52. The van der Waals surface area contributed by atoms with Crippen molar-refractivity contribution < 1.29 is 14.7 Å². The van der Waals surface area contributed by atoms with Crippen LogP contribution in [0.15, 0.2) is 17.5 Å². The highest BCUT2D eigenvalue weighted by molar-refractivity contribution is 7.09. The van der Waals surface area contributed by atoms with Gasteiger partial charge in [-0.2, -0.15) is 0 Å². The van der Waals surface area contributed by atoms with Crippen molar-refractivity contribution in [3.05, 3.63) is 22.4 Å². The molecule has 5 heteroatoms. The summed E-state index contributed by atoms with van der Waals surface area (Å²) in [5.74, 6) is -0.964. The van der Waals surface area contributed by atoms with Crippen molar-refractivity contribution in [1.29, 1.82) is 0 Å². The predicted molar refractivity (Wildman–Crippen MR) is 78.8 cm³/mol. The van der Waals surface area contributed by atoms with E-state index in [1.54, 1.807) is 11.3 Å². The van der Waals surface area contributed by atoms with Crippen LogP contribution in [0.25, 0.3) is 0 Å². The first-order valence-electron chi connectivity index (χ1n) is 7.07. The maximum Gasteiger partial charge on any atom is 0.310 e. The molecule has 20 heavy (non-hydrogen) atoms. The minimum atomic E-state index is -0.827. The van der Waals surface area contributed by atoms with Gasteiger partial charge in [-0.1, -0.05) is 18.9 Å². The molecule has 2 rings (SSSR count). The quantitative estimate of drug-likeness (QED) is 0.848. The Balaban J connectivity index is 1.86. The van der Waals surface area contributed by atoms with Gasteiger partial charge in [0.05, 0.1) is 5.41 Å². The van der Waals surface area contributed by atoms with Crippen LogP contribution in [0.3, 0.4) is 0 Å².